The second-order valence-corrected chi connectivity index (χ2v) is 8.31. The molecule has 172 valence electrons. The number of methoxy groups -OCH3 is 1. The predicted molar refractivity (Wildman–Crippen MR) is 122 cm³/mol. The van der Waals surface area contributed by atoms with Crippen molar-refractivity contribution in [2.45, 2.75) is 19.1 Å². The average molecular weight is 475 g/mol. The van der Waals surface area contributed by atoms with E-state index in [-0.39, 0.29) is 17.9 Å². The van der Waals surface area contributed by atoms with Crippen LogP contribution >= 0.6 is 11.3 Å². The van der Waals surface area contributed by atoms with Gasteiger partial charge in [0, 0.05) is 24.8 Å². The Morgan fingerprint density at radius 1 is 1.09 bits per heavy atom. The number of nitrogens with zero attached hydrogens (tertiary/aromatic N) is 3. The summed E-state index contributed by atoms with van der Waals surface area (Å²) in [5.41, 5.74) is 6.56. The van der Waals surface area contributed by atoms with Gasteiger partial charge >= 0.3 is 6.18 Å². The van der Waals surface area contributed by atoms with E-state index in [9.17, 15) is 13.2 Å². The van der Waals surface area contributed by atoms with Crippen LogP contribution in [0.2, 0.25) is 0 Å². The number of ether oxygens (including phenoxy) is 2. The van der Waals surface area contributed by atoms with Crippen molar-refractivity contribution in [1.82, 2.24) is 15.0 Å². The molecular formula is C22H20F3N5O2S. The molecule has 2 aromatic heterocycles. The number of nitrogens with one attached hydrogen (secondary N) is 1. The van der Waals surface area contributed by atoms with E-state index in [1.807, 2.05) is 19.1 Å². The zero-order chi connectivity index (χ0) is 23.6. The first-order valence-electron chi connectivity index (χ1n) is 9.88. The Balaban J connectivity index is 1.72. The number of alkyl halides is 3. The highest BCUT2D eigenvalue weighted by molar-refractivity contribution is 7.22. The standard InChI is InChI=1S/C22H20F3N5O2S/c1-12(11-31-2)27-21-28-15(13-6-8-14(9-7-13)22(23,24)25)10-18(29-21)32-16-4-3-5-17-19(16)30-20(26)33-17/h3-10,12H,11H2,1-2H3,(H2,26,30)(H,27,28,29). The first-order chi connectivity index (χ1) is 15.7. The number of rotatable bonds is 7. The van der Waals surface area contributed by atoms with Crippen molar-refractivity contribution in [2.24, 2.45) is 0 Å². The molecule has 4 rings (SSSR count). The van der Waals surface area contributed by atoms with Crippen molar-refractivity contribution >= 4 is 32.6 Å². The number of halogens is 3. The maximum absolute atomic E-state index is 13.0. The fourth-order valence-electron chi connectivity index (χ4n) is 3.17. The van der Waals surface area contributed by atoms with Crippen LogP contribution in [-0.2, 0) is 10.9 Å². The molecule has 0 aliphatic carbocycles. The molecule has 0 bridgehead atoms. The van der Waals surface area contributed by atoms with Gasteiger partial charge in [0.2, 0.25) is 11.8 Å². The zero-order valence-corrected chi connectivity index (χ0v) is 18.5. The maximum atomic E-state index is 13.0. The lowest BCUT2D eigenvalue weighted by Gasteiger charge is -2.15. The van der Waals surface area contributed by atoms with E-state index >= 15 is 0 Å². The quantitative estimate of drug-likeness (QED) is 0.360. The second-order valence-electron chi connectivity index (χ2n) is 7.25. The minimum Gasteiger partial charge on any atom is -0.437 e. The average Bonchev–Trinajstić information content (AvgIpc) is 3.14. The molecule has 0 radical (unpaired) electrons. The van der Waals surface area contributed by atoms with Crippen LogP contribution in [0.15, 0.2) is 48.5 Å². The summed E-state index contributed by atoms with van der Waals surface area (Å²) in [6.07, 6.45) is -4.42. The molecule has 7 nitrogen and oxygen atoms in total. The van der Waals surface area contributed by atoms with Crippen molar-refractivity contribution in [3.8, 4) is 22.9 Å². The Morgan fingerprint density at radius 2 is 1.85 bits per heavy atom. The monoisotopic (exact) mass is 475 g/mol. The van der Waals surface area contributed by atoms with Crippen LogP contribution in [0, 0.1) is 0 Å². The molecule has 0 aliphatic heterocycles. The van der Waals surface area contributed by atoms with Gasteiger partial charge in [-0.1, -0.05) is 29.5 Å². The summed E-state index contributed by atoms with van der Waals surface area (Å²) >= 11 is 1.33. The molecule has 1 unspecified atom stereocenters. The Labute approximate surface area is 191 Å². The largest absolute Gasteiger partial charge is 0.437 e. The first-order valence-corrected chi connectivity index (χ1v) is 10.7. The number of nitrogens with two attached hydrogens (primary N) is 1. The van der Waals surface area contributed by atoms with Crippen LogP contribution in [-0.4, -0.2) is 34.7 Å². The summed E-state index contributed by atoms with van der Waals surface area (Å²) in [6.45, 7) is 2.29. The van der Waals surface area contributed by atoms with Gasteiger partial charge in [0.05, 0.1) is 22.6 Å². The molecule has 11 heteroatoms. The molecule has 0 saturated heterocycles. The number of para-hydroxylation sites is 1. The van der Waals surface area contributed by atoms with Gasteiger partial charge in [0.15, 0.2) is 10.9 Å². The minimum absolute atomic E-state index is 0.118. The smallest absolute Gasteiger partial charge is 0.416 e. The molecule has 3 N–H and O–H groups in total. The van der Waals surface area contributed by atoms with E-state index in [1.54, 1.807) is 19.2 Å². The van der Waals surface area contributed by atoms with Gasteiger partial charge in [0.1, 0.15) is 5.52 Å². The summed E-state index contributed by atoms with van der Waals surface area (Å²) in [4.78, 5) is 13.2. The molecule has 0 fully saturated rings. The van der Waals surface area contributed by atoms with Gasteiger partial charge in [-0.3, -0.25) is 0 Å². The van der Waals surface area contributed by atoms with E-state index in [0.717, 1.165) is 16.8 Å². The lowest BCUT2D eigenvalue weighted by atomic mass is 10.1. The van der Waals surface area contributed by atoms with Crippen molar-refractivity contribution in [3.05, 3.63) is 54.1 Å². The van der Waals surface area contributed by atoms with Crippen molar-refractivity contribution < 1.29 is 22.6 Å². The number of thiazole rings is 1. The van der Waals surface area contributed by atoms with Crippen LogP contribution in [0.1, 0.15) is 12.5 Å². The van der Waals surface area contributed by atoms with Gasteiger partial charge in [-0.15, -0.1) is 0 Å². The number of anilines is 2. The first kappa shape index (κ1) is 22.7. The van der Waals surface area contributed by atoms with E-state index in [0.29, 0.717) is 34.3 Å². The Morgan fingerprint density at radius 3 is 2.55 bits per heavy atom. The summed E-state index contributed by atoms with van der Waals surface area (Å²) in [6, 6.07) is 11.6. The third-order valence-corrected chi connectivity index (χ3v) is 5.47. The third-order valence-electron chi connectivity index (χ3n) is 4.62. The molecule has 1 atom stereocenters. The van der Waals surface area contributed by atoms with Crippen LogP contribution in [0.25, 0.3) is 21.5 Å². The number of fused-ring (bicyclic) bond motifs is 1. The van der Waals surface area contributed by atoms with E-state index in [1.165, 1.54) is 23.5 Å². The topological polar surface area (TPSA) is 95.2 Å². The molecule has 0 amide bonds. The van der Waals surface area contributed by atoms with Gasteiger partial charge < -0.3 is 20.5 Å². The maximum Gasteiger partial charge on any atom is 0.416 e. The Kier molecular flexibility index (Phi) is 6.34. The van der Waals surface area contributed by atoms with Crippen LogP contribution < -0.4 is 15.8 Å². The molecule has 33 heavy (non-hydrogen) atoms. The number of hydrogen-bond donors (Lipinski definition) is 2. The van der Waals surface area contributed by atoms with E-state index in [4.69, 9.17) is 15.2 Å². The molecule has 4 aromatic rings. The number of hydrogen-bond acceptors (Lipinski definition) is 8. The SMILES string of the molecule is COCC(C)Nc1nc(Oc2cccc3sc(N)nc23)cc(-c2ccc(C(F)(F)F)cc2)n1. The lowest BCUT2D eigenvalue weighted by Crippen LogP contribution is -2.22. The molecule has 2 aromatic carbocycles. The predicted octanol–water partition coefficient (Wildman–Crippen LogP) is 5.59. The van der Waals surface area contributed by atoms with Crippen molar-refractivity contribution in [1.29, 1.82) is 0 Å². The molecular weight excluding hydrogens is 455 g/mol. The molecule has 0 aliphatic rings. The summed E-state index contributed by atoms with van der Waals surface area (Å²) in [5, 5.41) is 3.52. The molecule has 2 heterocycles. The summed E-state index contributed by atoms with van der Waals surface area (Å²) < 4.78 is 50.9. The lowest BCUT2D eigenvalue weighted by molar-refractivity contribution is -0.137. The number of benzene rings is 2. The minimum atomic E-state index is -4.42. The van der Waals surface area contributed by atoms with Crippen molar-refractivity contribution in [3.63, 3.8) is 0 Å². The molecule has 0 saturated carbocycles. The number of nitrogen functional groups attached to an aromatic ring is 1. The highest BCUT2D eigenvalue weighted by Crippen LogP contribution is 2.35. The zero-order valence-electron chi connectivity index (χ0n) is 17.7. The fraction of sp³-hybridized carbons (Fsp3) is 0.227. The van der Waals surface area contributed by atoms with Gasteiger partial charge in [-0.25, -0.2) is 9.97 Å². The Hall–Kier alpha value is -3.44. The van der Waals surface area contributed by atoms with Crippen LogP contribution in [0.3, 0.4) is 0 Å². The van der Waals surface area contributed by atoms with Crippen LogP contribution in [0.5, 0.6) is 11.6 Å². The summed E-state index contributed by atoms with van der Waals surface area (Å²) in [5.74, 6) is 0.899. The normalized spacial score (nSPS) is 12.6. The van der Waals surface area contributed by atoms with Crippen molar-refractivity contribution in [2.75, 3.05) is 24.8 Å². The second kappa shape index (κ2) is 9.20. The van der Waals surface area contributed by atoms with Gasteiger partial charge in [-0.2, -0.15) is 18.2 Å². The third kappa shape index (κ3) is 5.32. The van der Waals surface area contributed by atoms with E-state index in [2.05, 4.69) is 20.3 Å². The molecule has 0 spiro atoms. The highest BCUT2D eigenvalue weighted by atomic mass is 32.1. The Bertz CT molecular complexity index is 1260. The highest BCUT2D eigenvalue weighted by Gasteiger charge is 2.30. The van der Waals surface area contributed by atoms with Gasteiger partial charge in [0.25, 0.3) is 0 Å². The number of aromatic nitrogens is 3. The van der Waals surface area contributed by atoms with Gasteiger partial charge in [-0.05, 0) is 31.2 Å². The van der Waals surface area contributed by atoms with E-state index < -0.39 is 11.7 Å². The fourth-order valence-corrected chi connectivity index (χ4v) is 3.92. The summed E-state index contributed by atoms with van der Waals surface area (Å²) in [7, 11) is 1.58. The van der Waals surface area contributed by atoms with Crippen LogP contribution in [0.4, 0.5) is 24.3 Å².